The first-order valence-corrected chi connectivity index (χ1v) is 9.55. The monoisotopic (exact) mass is 376 g/mol. The topological polar surface area (TPSA) is 48.9 Å². The van der Waals surface area contributed by atoms with E-state index < -0.39 is 0 Å². The smallest absolute Gasteiger partial charge is 0.191 e. The average molecular weight is 377 g/mol. The number of hydrogen-bond acceptors (Lipinski definition) is 3. The van der Waals surface area contributed by atoms with Gasteiger partial charge in [-0.3, -0.25) is 4.99 Å². The second kappa shape index (κ2) is 10.2. The molecule has 0 spiro atoms. The molecule has 3 rings (SSSR count). The fourth-order valence-electron chi connectivity index (χ4n) is 3.08. The zero-order chi connectivity index (χ0) is 19.6. The molecule has 5 nitrogen and oxygen atoms in total. The number of nitrogens with zero attached hydrogens (tertiary/aromatic N) is 2. The van der Waals surface area contributed by atoms with Gasteiger partial charge < -0.3 is 20.3 Å². The highest BCUT2D eigenvalue weighted by atomic mass is 16.5. The summed E-state index contributed by atoms with van der Waals surface area (Å²) in [7, 11) is 1.78. The van der Waals surface area contributed by atoms with Gasteiger partial charge in [0.25, 0.3) is 0 Å². The number of guanidine groups is 1. The molecule has 0 amide bonds. The van der Waals surface area contributed by atoms with Gasteiger partial charge in [0.05, 0.1) is 0 Å². The molecule has 0 atom stereocenters. The van der Waals surface area contributed by atoms with Crippen molar-refractivity contribution in [3.05, 3.63) is 84.5 Å². The van der Waals surface area contributed by atoms with Crippen molar-refractivity contribution in [3.63, 3.8) is 0 Å². The number of anilines is 1. The van der Waals surface area contributed by atoms with Crippen LogP contribution in [0.4, 0.5) is 5.69 Å². The van der Waals surface area contributed by atoms with Crippen LogP contribution in [-0.2, 0) is 13.1 Å². The van der Waals surface area contributed by atoms with Crippen LogP contribution >= 0.6 is 0 Å². The van der Waals surface area contributed by atoms with Crippen LogP contribution < -0.4 is 20.3 Å². The molecule has 2 aromatic carbocycles. The first-order valence-electron chi connectivity index (χ1n) is 9.55. The van der Waals surface area contributed by atoms with Crippen molar-refractivity contribution in [1.82, 2.24) is 10.6 Å². The lowest BCUT2D eigenvalue weighted by molar-refractivity contribution is 0.358. The Hall–Kier alpha value is -3.21. The highest BCUT2D eigenvalue weighted by Gasteiger charge is 2.08. The van der Waals surface area contributed by atoms with E-state index in [4.69, 9.17) is 4.74 Å². The van der Waals surface area contributed by atoms with Crippen molar-refractivity contribution < 1.29 is 4.74 Å². The van der Waals surface area contributed by atoms with E-state index in [1.54, 1.807) is 13.1 Å². The number of nitrogens with one attached hydrogen (secondary N) is 2. The summed E-state index contributed by atoms with van der Waals surface area (Å²) >= 11 is 0. The van der Waals surface area contributed by atoms with Gasteiger partial charge >= 0.3 is 0 Å². The lowest BCUT2D eigenvalue weighted by Crippen LogP contribution is -2.36. The maximum Gasteiger partial charge on any atom is 0.191 e. The van der Waals surface area contributed by atoms with Gasteiger partial charge in [-0.05, 0) is 23.8 Å². The zero-order valence-electron chi connectivity index (χ0n) is 16.4. The summed E-state index contributed by atoms with van der Waals surface area (Å²) in [5, 5.41) is 6.74. The van der Waals surface area contributed by atoms with Crippen LogP contribution in [0.2, 0.25) is 0 Å². The van der Waals surface area contributed by atoms with Crippen molar-refractivity contribution in [2.75, 3.05) is 31.6 Å². The molecule has 0 bridgehead atoms. The molecule has 0 aliphatic carbocycles. The minimum absolute atomic E-state index is 0.493. The number of ether oxygens (including phenoxy) is 1. The molecular formula is C23H28N4O. The van der Waals surface area contributed by atoms with Gasteiger partial charge in [-0.25, -0.2) is 0 Å². The quantitative estimate of drug-likeness (QED) is 0.421. The van der Waals surface area contributed by atoms with E-state index >= 15 is 0 Å². The van der Waals surface area contributed by atoms with Crippen molar-refractivity contribution in [3.8, 4) is 5.75 Å². The molecule has 1 aliphatic heterocycles. The van der Waals surface area contributed by atoms with Gasteiger partial charge in [0.15, 0.2) is 5.96 Å². The second-order valence-corrected chi connectivity index (χ2v) is 6.53. The number of aliphatic imine (C=N–C) groups is 1. The Labute approximate surface area is 167 Å². The van der Waals surface area contributed by atoms with Gasteiger partial charge in [-0.1, -0.05) is 55.1 Å². The van der Waals surface area contributed by atoms with Crippen LogP contribution in [0.5, 0.6) is 5.75 Å². The predicted molar refractivity (Wildman–Crippen MR) is 117 cm³/mol. The van der Waals surface area contributed by atoms with Crippen molar-refractivity contribution in [1.29, 1.82) is 0 Å². The van der Waals surface area contributed by atoms with Crippen LogP contribution in [-0.4, -0.2) is 32.7 Å². The summed E-state index contributed by atoms with van der Waals surface area (Å²) in [5.41, 5.74) is 3.55. The molecule has 0 unspecified atom stereocenters. The Balaban J connectivity index is 1.54. The first-order chi connectivity index (χ1) is 13.8. The highest BCUT2D eigenvalue weighted by Crippen LogP contribution is 2.19. The third-order valence-corrected chi connectivity index (χ3v) is 4.55. The maximum absolute atomic E-state index is 5.72. The van der Waals surface area contributed by atoms with Gasteiger partial charge in [0.2, 0.25) is 0 Å². The van der Waals surface area contributed by atoms with Crippen LogP contribution in [0.3, 0.4) is 0 Å². The SMILES string of the molecule is C=CCOc1ccccc1CNC(=NC)NCc1cccc(N2CC=CC2)c1. The van der Waals surface area contributed by atoms with Crippen molar-refractivity contribution in [2.45, 2.75) is 13.1 Å². The lowest BCUT2D eigenvalue weighted by Gasteiger charge is -2.19. The molecule has 2 aromatic rings. The van der Waals surface area contributed by atoms with E-state index in [9.17, 15) is 0 Å². The number of para-hydroxylation sites is 1. The molecule has 0 saturated carbocycles. The van der Waals surface area contributed by atoms with Crippen LogP contribution in [0.15, 0.2) is 78.3 Å². The minimum Gasteiger partial charge on any atom is -0.489 e. The number of benzene rings is 2. The molecule has 1 aliphatic rings. The van der Waals surface area contributed by atoms with Gasteiger partial charge in [0, 0.05) is 44.5 Å². The average Bonchev–Trinajstić information content (AvgIpc) is 3.28. The Morgan fingerprint density at radius 1 is 1.11 bits per heavy atom. The summed E-state index contributed by atoms with van der Waals surface area (Å²) in [5.74, 6) is 1.61. The third kappa shape index (κ3) is 5.39. The van der Waals surface area contributed by atoms with Crippen LogP contribution in [0, 0.1) is 0 Å². The molecule has 0 aromatic heterocycles. The molecule has 28 heavy (non-hydrogen) atoms. The fourth-order valence-corrected chi connectivity index (χ4v) is 3.08. The van der Waals surface area contributed by atoms with E-state index in [-0.39, 0.29) is 0 Å². The summed E-state index contributed by atoms with van der Waals surface area (Å²) in [6, 6.07) is 16.6. The molecule has 0 saturated heterocycles. The van der Waals surface area contributed by atoms with Crippen molar-refractivity contribution >= 4 is 11.6 Å². The number of rotatable bonds is 8. The maximum atomic E-state index is 5.72. The van der Waals surface area contributed by atoms with E-state index in [0.29, 0.717) is 19.7 Å². The number of hydrogen-bond donors (Lipinski definition) is 2. The fraction of sp³-hybridized carbons (Fsp3) is 0.261. The zero-order valence-corrected chi connectivity index (χ0v) is 16.4. The van der Waals surface area contributed by atoms with E-state index in [0.717, 1.165) is 30.4 Å². The van der Waals surface area contributed by atoms with Gasteiger partial charge in [-0.2, -0.15) is 0 Å². The lowest BCUT2D eigenvalue weighted by atomic mass is 10.2. The minimum atomic E-state index is 0.493. The Kier molecular flexibility index (Phi) is 7.13. The molecule has 2 N–H and O–H groups in total. The summed E-state index contributed by atoms with van der Waals surface area (Å²) in [4.78, 5) is 6.67. The summed E-state index contributed by atoms with van der Waals surface area (Å²) < 4.78 is 5.72. The molecule has 1 heterocycles. The van der Waals surface area contributed by atoms with Crippen LogP contribution in [0.25, 0.3) is 0 Å². The molecule has 0 fully saturated rings. The standard InChI is InChI=1S/C23H28N4O/c1-3-15-28-22-12-5-4-10-20(22)18-26-23(24-2)25-17-19-9-8-11-21(16-19)27-13-6-7-14-27/h3-12,16H,1,13-15,17-18H2,2H3,(H2,24,25,26). The van der Waals surface area contributed by atoms with Crippen molar-refractivity contribution in [2.24, 2.45) is 4.99 Å². The molecule has 0 radical (unpaired) electrons. The summed E-state index contributed by atoms with van der Waals surface area (Å²) in [6.07, 6.45) is 6.15. The van der Waals surface area contributed by atoms with E-state index in [2.05, 4.69) is 63.5 Å². The van der Waals surface area contributed by atoms with Gasteiger partial charge in [0.1, 0.15) is 12.4 Å². The Bertz CT molecular complexity index is 836. The first kappa shape index (κ1) is 19.5. The normalized spacial score (nSPS) is 13.5. The Morgan fingerprint density at radius 2 is 1.89 bits per heavy atom. The second-order valence-electron chi connectivity index (χ2n) is 6.53. The van der Waals surface area contributed by atoms with E-state index in [1.807, 2.05) is 24.3 Å². The third-order valence-electron chi connectivity index (χ3n) is 4.55. The molecular weight excluding hydrogens is 348 g/mol. The Morgan fingerprint density at radius 3 is 2.68 bits per heavy atom. The largest absolute Gasteiger partial charge is 0.489 e. The van der Waals surface area contributed by atoms with Gasteiger partial charge in [-0.15, -0.1) is 0 Å². The summed E-state index contributed by atoms with van der Waals surface area (Å²) in [6.45, 7) is 7.50. The predicted octanol–water partition coefficient (Wildman–Crippen LogP) is 3.49. The van der Waals surface area contributed by atoms with E-state index in [1.165, 1.54) is 11.3 Å². The molecule has 5 heteroatoms. The molecule has 146 valence electrons. The highest BCUT2D eigenvalue weighted by molar-refractivity contribution is 5.79. The van der Waals surface area contributed by atoms with Crippen LogP contribution in [0.1, 0.15) is 11.1 Å².